The molecule has 0 bridgehead atoms. The average molecular weight is 350 g/mol. The molecule has 0 saturated heterocycles. The summed E-state index contributed by atoms with van der Waals surface area (Å²) in [5, 5.41) is 7.14. The van der Waals surface area contributed by atoms with Crippen molar-refractivity contribution in [2.24, 2.45) is 0 Å². The number of nitrogens with zero attached hydrogens (tertiary/aromatic N) is 1. The van der Waals surface area contributed by atoms with E-state index < -0.39 is 0 Å². The molecular formula is C19H14N2OS2. The summed E-state index contributed by atoms with van der Waals surface area (Å²) in [6, 6.07) is 17.7. The van der Waals surface area contributed by atoms with E-state index in [2.05, 4.69) is 10.3 Å². The van der Waals surface area contributed by atoms with Gasteiger partial charge < -0.3 is 5.32 Å². The monoisotopic (exact) mass is 350 g/mol. The van der Waals surface area contributed by atoms with Gasteiger partial charge in [-0.15, -0.1) is 22.7 Å². The van der Waals surface area contributed by atoms with Crippen LogP contribution in [0.5, 0.6) is 0 Å². The van der Waals surface area contributed by atoms with Crippen molar-refractivity contribution >= 4 is 44.4 Å². The van der Waals surface area contributed by atoms with Gasteiger partial charge in [0.05, 0.1) is 15.6 Å². The minimum Gasteiger partial charge on any atom is -0.321 e. The third kappa shape index (κ3) is 2.96. The molecule has 0 fully saturated rings. The number of thiophene rings is 1. The van der Waals surface area contributed by atoms with E-state index in [0.29, 0.717) is 4.88 Å². The standard InChI is InChI=1S/C19H14N2OS2/c1-12-20-16(11-23-12)13-6-4-7-15(9-13)21-19(22)18-10-14-5-2-3-8-17(14)24-18/h2-11H,1H3,(H,21,22). The van der Waals surface area contributed by atoms with E-state index in [1.807, 2.05) is 66.9 Å². The van der Waals surface area contributed by atoms with Crippen molar-refractivity contribution in [1.82, 2.24) is 4.98 Å². The molecule has 4 aromatic rings. The number of aryl methyl sites for hydroxylation is 1. The van der Waals surface area contributed by atoms with Gasteiger partial charge in [-0.3, -0.25) is 4.79 Å². The lowest BCUT2D eigenvalue weighted by atomic mass is 10.1. The van der Waals surface area contributed by atoms with Crippen LogP contribution in [0, 0.1) is 6.92 Å². The maximum absolute atomic E-state index is 12.5. The summed E-state index contributed by atoms with van der Waals surface area (Å²) in [5.41, 5.74) is 2.73. The molecule has 0 atom stereocenters. The molecule has 0 aliphatic heterocycles. The summed E-state index contributed by atoms with van der Waals surface area (Å²) < 4.78 is 1.12. The lowest BCUT2D eigenvalue weighted by Crippen LogP contribution is -2.09. The Balaban J connectivity index is 1.59. The van der Waals surface area contributed by atoms with Gasteiger partial charge in [-0.2, -0.15) is 0 Å². The number of nitrogens with one attached hydrogen (secondary N) is 1. The lowest BCUT2D eigenvalue weighted by molar-refractivity contribution is 0.103. The first-order valence-corrected chi connectivity index (χ1v) is 9.21. The summed E-state index contributed by atoms with van der Waals surface area (Å²) >= 11 is 3.13. The van der Waals surface area contributed by atoms with Crippen molar-refractivity contribution in [3.05, 3.63) is 69.9 Å². The SMILES string of the molecule is Cc1nc(-c2cccc(NC(=O)c3cc4ccccc4s3)c2)cs1. The molecule has 0 aliphatic carbocycles. The number of hydrogen-bond donors (Lipinski definition) is 1. The highest BCUT2D eigenvalue weighted by atomic mass is 32.1. The van der Waals surface area contributed by atoms with Gasteiger partial charge >= 0.3 is 0 Å². The zero-order valence-corrected chi connectivity index (χ0v) is 14.6. The molecule has 2 aromatic heterocycles. The Kier molecular flexibility index (Phi) is 3.88. The van der Waals surface area contributed by atoms with Crippen molar-refractivity contribution in [3.63, 3.8) is 0 Å². The number of hydrogen-bond acceptors (Lipinski definition) is 4. The van der Waals surface area contributed by atoms with Crippen LogP contribution in [0.3, 0.4) is 0 Å². The second kappa shape index (κ2) is 6.19. The highest BCUT2D eigenvalue weighted by molar-refractivity contribution is 7.20. The van der Waals surface area contributed by atoms with E-state index in [1.165, 1.54) is 11.3 Å². The van der Waals surface area contributed by atoms with Crippen LogP contribution in [0.15, 0.2) is 60.0 Å². The van der Waals surface area contributed by atoms with Gasteiger partial charge in [0.1, 0.15) is 0 Å². The number of benzene rings is 2. The first-order valence-electron chi connectivity index (χ1n) is 7.51. The minimum atomic E-state index is -0.0807. The van der Waals surface area contributed by atoms with Crippen LogP contribution in [-0.2, 0) is 0 Å². The van der Waals surface area contributed by atoms with E-state index >= 15 is 0 Å². The fourth-order valence-corrected chi connectivity index (χ4v) is 4.12. The third-order valence-corrected chi connectivity index (χ3v) is 5.57. The first-order chi connectivity index (χ1) is 11.7. The second-order valence-corrected chi connectivity index (χ2v) is 7.58. The number of anilines is 1. The third-order valence-electron chi connectivity index (χ3n) is 3.68. The molecule has 118 valence electrons. The maximum Gasteiger partial charge on any atom is 0.265 e. The number of carbonyl (C=O) groups excluding carboxylic acids is 1. The van der Waals surface area contributed by atoms with E-state index in [9.17, 15) is 4.79 Å². The fourth-order valence-electron chi connectivity index (χ4n) is 2.54. The summed E-state index contributed by atoms with van der Waals surface area (Å²) in [6.45, 7) is 1.99. The van der Waals surface area contributed by atoms with Gasteiger partial charge in [-0.25, -0.2) is 4.98 Å². The normalized spacial score (nSPS) is 10.9. The van der Waals surface area contributed by atoms with Crippen molar-refractivity contribution < 1.29 is 4.79 Å². The predicted octanol–water partition coefficient (Wildman–Crippen LogP) is 5.59. The molecule has 0 saturated carbocycles. The number of aromatic nitrogens is 1. The summed E-state index contributed by atoms with van der Waals surface area (Å²) in [4.78, 5) is 17.7. The highest BCUT2D eigenvalue weighted by Gasteiger charge is 2.11. The molecule has 2 heterocycles. The van der Waals surface area contributed by atoms with Crippen LogP contribution < -0.4 is 5.32 Å². The number of fused-ring (bicyclic) bond motifs is 1. The number of carbonyl (C=O) groups is 1. The van der Waals surface area contributed by atoms with E-state index in [4.69, 9.17) is 0 Å². The van der Waals surface area contributed by atoms with E-state index in [1.54, 1.807) is 11.3 Å². The van der Waals surface area contributed by atoms with Gasteiger partial charge in [0, 0.05) is 21.3 Å². The Bertz CT molecular complexity index is 999. The van der Waals surface area contributed by atoms with Crippen LogP contribution in [0.4, 0.5) is 5.69 Å². The molecule has 0 spiro atoms. The van der Waals surface area contributed by atoms with Gasteiger partial charge in [-0.1, -0.05) is 30.3 Å². The summed E-state index contributed by atoms with van der Waals surface area (Å²) in [6.07, 6.45) is 0. The lowest BCUT2D eigenvalue weighted by Gasteiger charge is -2.05. The van der Waals surface area contributed by atoms with Crippen LogP contribution in [0.2, 0.25) is 0 Å². The Morgan fingerprint density at radius 2 is 1.96 bits per heavy atom. The van der Waals surface area contributed by atoms with Crippen molar-refractivity contribution in [2.75, 3.05) is 5.32 Å². The molecule has 1 N–H and O–H groups in total. The van der Waals surface area contributed by atoms with Gasteiger partial charge in [0.2, 0.25) is 0 Å². The molecular weight excluding hydrogens is 336 g/mol. The first kappa shape index (κ1) is 15.1. The zero-order chi connectivity index (χ0) is 16.5. The predicted molar refractivity (Wildman–Crippen MR) is 102 cm³/mol. The molecule has 0 aliphatic rings. The Labute approximate surface area is 147 Å². The maximum atomic E-state index is 12.5. The van der Waals surface area contributed by atoms with Crippen LogP contribution in [0.1, 0.15) is 14.7 Å². The molecule has 4 rings (SSSR count). The number of rotatable bonds is 3. The fraction of sp³-hybridized carbons (Fsp3) is 0.0526. The van der Waals surface area contributed by atoms with Crippen molar-refractivity contribution in [3.8, 4) is 11.3 Å². The molecule has 2 aromatic carbocycles. The smallest absolute Gasteiger partial charge is 0.265 e. The van der Waals surface area contributed by atoms with Crippen molar-refractivity contribution in [1.29, 1.82) is 0 Å². The topological polar surface area (TPSA) is 42.0 Å². The summed E-state index contributed by atoms with van der Waals surface area (Å²) in [5.74, 6) is -0.0807. The van der Waals surface area contributed by atoms with Gasteiger partial charge in [0.15, 0.2) is 0 Å². The average Bonchev–Trinajstić information content (AvgIpc) is 3.21. The van der Waals surface area contributed by atoms with Crippen LogP contribution in [0.25, 0.3) is 21.3 Å². The molecule has 0 unspecified atom stereocenters. The number of amides is 1. The molecule has 24 heavy (non-hydrogen) atoms. The van der Waals surface area contributed by atoms with Gasteiger partial charge in [-0.05, 0) is 36.6 Å². The largest absolute Gasteiger partial charge is 0.321 e. The molecule has 1 amide bonds. The highest BCUT2D eigenvalue weighted by Crippen LogP contribution is 2.27. The minimum absolute atomic E-state index is 0.0807. The number of thiazole rings is 1. The molecule has 0 radical (unpaired) electrons. The van der Waals surface area contributed by atoms with Crippen LogP contribution >= 0.6 is 22.7 Å². The summed E-state index contributed by atoms with van der Waals surface area (Å²) in [7, 11) is 0. The Hall–Kier alpha value is -2.50. The van der Waals surface area contributed by atoms with Crippen LogP contribution in [-0.4, -0.2) is 10.9 Å². The Morgan fingerprint density at radius 1 is 1.08 bits per heavy atom. The second-order valence-electron chi connectivity index (χ2n) is 5.44. The Morgan fingerprint density at radius 3 is 2.75 bits per heavy atom. The zero-order valence-electron chi connectivity index (χ0n) is 12.9. The quantitative estimate of drug-likeness (QED) is 0.523. The molecule has 3 nitrogen and oxygen atoms in total. The van der Waals surface area contributed by atoms with E-state index in [0.717, 1.165) is 32.0 Å². The molecule has 5 heteroatoms. The van der Waals surface area contributed by atoms with Gasteiger partial charge in [0.25, 0.3) is 5.91 Å². The van der Waals surface area contributed by atoms with Crippen molar-refractivity contribution in [2.45, 2.75) is 6.92 Å². The van der Waals surface area contributed by atoms with E-state index in [-0.39, 0.29) is 5.91 Å².